The van der Waals surface area contributed by atoms with E-state index in [0.717, 1.165) is 37.3 Å². The Bertz CT molecular complexity index is 2060. The Kier molecular flexibility index (Phi) is 8.15. The number of aryl methyl sites for hydroxylation is 1. The Morgan fingerprint density at radius 3 is 2.57 bits per heavy atom. The third-order valence-corrected chi connectivity index (χ3v) is 9.39. The third kappa shape index (κ3) is 6.06. The Labute approximate surface area is 260 Å². The molecular formula is C33H32ClFN6O2S. The molecule has 0 amide bonds. The number of piperazine rings is 1. The van der Waals surface area contributed by atoms with Gasteiger partial charge in [0.15, 0.2) is 0 Å². The number of pyridine rings is 1. The summed E-state index contributed by atoms with van der Waals surface area (Å²) >= 11 is 6.59. The predicted molar refractivity (Wildman–Crippen MR) is 179 cm³/mol. The van der Waals surface area contributed by atoms with E-state index in [2.05, 4.69) is 21.5 Å². The number of halogens is 2. The van der Waals surface area contributed by atoms with E-state index >= 15 is 4.39 Å². The quantitative estimate of drug-likeness (QED) is 0.231. The van der Waals surface area contributed by atoms with Crippen LogP contribution in [0.4, 0.5) is 21.7 Å². The molecule has 11 heteroatoms. The van der Waals surface area contributed by atoms with Gasteiger partial charge in [-0.1, -0.05) is 35.9 Å². The molecule has 1 unspecified atom stereocenters. The second-order valence-corrected chi connectivity index (χ2v) is 13.9. The van der Waals surface area contributed by atoms with Crippen LogP contribution < -0.4 is 21.1 Å². The summed E-state index contributed by atoms with van der Waals surface area (Å²) in [6.07, 6.45) is 3.17. The second-order valence-electron chi connectivity index (χ2n) is 11.0. The summed E-state index contributed by atoms with van der Waals surface area (Å²) in [5.74, 6) is 3.67. The molecule has 44 heavy (non-hydrogen) atoms. The molecule has 0 radical (unpaired) electrons. The van der Waals surface area contributed by atoms with Gasteiger partial charge < -0.3 is 15.5 Å². The summed E-state index contributed by atoms with van der Waals surface area (Å²) in [7, 11) is -2.55. The van der Waals surface area contributed by atoms with Gasteiger partial charge in [0.05, 0.1) is 12.2 Å². The highest BCUT2D eigenvalue weighted by Crippen LogP contribution is 2.31. The van der Waals surface area contributed by atoms with Gasteiger partial charge >= 0.3 is 0 Å². The van der Waals surface area contributed by atoms with Crippen molar-refractivity contribution in [3.05, 3.63) is 105 Å². The van der Waals surface area contributed by atoms with Crippen LogP contribution in [-0.2, 0) is 16.1 Å². The molecule has 0 spiro atoms. The first-order valence-corrected chi connectivity index (χ1v) is 16.7. The first-order chi connectivity index (χ1) is 21.1. The molecule has 226 valence electrons. The number of nitrogens with one attached hydrogen (secondary N) is 2. The standard InChI is InChI=1S/C33H32ClFN6O2S/c1-21-6-4-5-7-22(21)20-41-31-23(16-27(32(41)42)26-18-25(44(2,3)43)9-10-28(26)34)19-37-33(39-31)38-24-8-11-30(29(35)17-24)40-14-12-36-13-15-40/h4-11,16-19,36H,2,12-15,20H2,1,3H3,(H,37,38,39). The highest BCUT2D eigenvalue weighted by atomic mass is 35.5. The van der Waals surface area contributed by atoms with Gasteiger partial charge in [-0.3, -0.25) is 13.6 Å². The number of nitrogens with zero attached hydrogens (tertiary/aromatic N) is 4. The zero-order valence-electron chi connectivity index (χ0n) is 24.4. The van der Waals surface area contributed by atoms with Gasteiger partial charge in [-0.2, -0.15) is 4.98 Å². The van der Waals surface area contributed by atoms with E-state index < -0.39 is 9.52 Å². The van der Waals surface area contributed by atoms with Crippen molar-refractivity contribution < 1.29 is 8.60 Å². The van der Waals surface area contributed by atoms with Crippen LogP contribution >= 0.6 is 11.6 Å². The van der Waals surface area contributed by atoms with Gasteiger partial charge in [0.1, 0.15) is 11.5 Å². The number of benzene rings is 3. The van der Waals surface area contributed by atoms with Crippen molar-refractivity contribution >= 4 is 55.3 Å². The van der Waals surface area contributed by atoms with Crippen LogP contribution in [0.2, 0.25) is 5.02 Å². The molecule has 3 aromatic carbocycles. The Morgan fingerprint density at radius 1 is 1.07 bits per heavy atom. The zero-order chi connectivity index (χ0) is 31.0. The number of anilines is 3. The minimum atomic E-state index is -2.55. The summed E-state index contributed by atoms with van der Waals surface area (Å²) in [6.45, 7) is 5.32. The number of aromatic nitrogens is 3. The van der Waals surface area contributed by atoms with Crippen molar-refractivity contribution in [1.82, 2.24) is 19.9 Å². The monoisotopic (exact) mass is 630 g/mol. The molecule has 0 aliphatic carbocycles. The fourth-order valence-corrected chi connectivity index (χ4v) is 6.31. The molecule has 6 rings (SSSR count). The molecule has 2 aromatic heterocycles. The van der Waals surface area contributed by atoms with Crippen molar-refractivity contribution in [2.45, 2.75) is 18.4 Å². The molecular weight excluding hydrogens is 599 g/mol. The van der Waals surface area contributed by atoms with Crippen LogP contribution in [-0.4, -0.2) is 57.0 Å². The topological polar surface area (TPSA) is 92.2 Å². The lowest BCUT2D eigenvalue weighted by molar-refractivity contribution is 0.566. The van der Waals surface area contributed by atoms with Crippen molar-refractivity contribution in [2.24, 2.45) is 0 Å². The van der Waals surface area contributed by atoms with Crippen LogP contribution in [0.25, 0.3) is 22.2 Å². The van der Waals surface area contributed by atoms with E-state index in [9.17, 15) is 9.00 Å². The summed E-state index contributed by atoms with van der Waals surface area (Å²) in [5.41, 5.74) is 3.88. The maximum Gasteiger partial charge on any atom is 0.260 e. The summed E-state index contributed by atoms with van der Waals surface area (Å²) in [4.78, 5) is 25.9. The summed E-state index contributed by atoms with van der Waals surface area (Å²) in [5, 5.41) is 7.33. The lowest BCUT2D eigenvalue weighted by Crippen LogP contribution is -2.43. The van der Waals surface area contributed by atoms with E-state index in [-0.39, 0.29) is 23.9 Å². The first-order valence-electron chi connectivity index (χ1n) is 14.2. The van der Waals surface area contributed by atoms with Gasteiger partial charge in [-0.25, -0.2) is 9.37 Å². The van der Waals surface area contributed by atoms with E-state index in [1.807, 2.05) is 36.1 Å². The molecule has 2 N–H and O–H groups in total. The smallest absolute Gasteiger partial charge is 0.260 e. The van der Waals surface area contributed by atoms with E-state index in [4.69, 9.17) is 16.6 Å². The maximum absolute atomic E-state index is 15.1. The molecule has 0 bridgehead atoms. The average Bonchev–Trinajstić information content (AvgIpc) is 3.00. The summed E-state index contributed by atoms with van der Waals surface area (Å²) < 4.78 is 29.4. The molecule has 1 saturated heterocycles. The van der Waals surface area contributed by atoms with Crippen LogP contribution in [0.15, 0.2) is 82.6 Å². The van der Waals surface area contributed by atoms with Crippen LogP contribution in [0.5, 0.6) is 0 Å². The van der Waals surface area contributed by atoms with Crippen molar-refractivity contribution in [2.75, 3.05) is 42.7 Å². The average molecular weight is 631 g/mol. The highest BCUT2D eigenvalue weighted by molar-refractivity contribution is 7.99. The first kappa shape index (κ1) is 29.8. The van der Waals surface area contributed by atoms with Gasteiger partial charge in [0.25, 0.3) is 5.56 Å². The molecule has 0 saturated carbocycles. The number of rotatable bonds is 7. The van der Waals surface area contributed by atoms with Gasteiger partial charge in [0, 0.05) is 70.8 Å². The molecule has 1 atom stereocenters. The van der Waals surface area contributed by atoms with Crippen molar-refractivity contribution in [3.8, 4) is 11.1 Å². The largest absolute Gasteiger partial charge is 0.367 e. The van der Waals surface area contributed by atoms with Crippen molar-refractivity contribution in [1.29, 1.82) is 0 Å². The third-order valence-electron chi connectivity index (χ3n) is 7.80. The molecule has 5 aromatic rings. The van der Waals surface area contributed by atoms with E-state index in [1.165, 1.54) is 6.07 Å². The summed E-state index contributed by atoms with van der Waals surface area (Å²) in [6, 6.07) is 19.4. The Hall–Kier alpha value is -4.25. The Morgan fingerprint density at radius 2 is 1.84 bits per heavy atom. The lowest BCUT2D eigenvalue weighted by Gasteiger charge is -2.29. The van der Waals surface area contributed by atoms with E-state index in [0.29, 0.717) is 43.5 Å². The molecule has 3 heterocycles. The SMILES string of the molecule is C=S(C)(=O)c1ccc(Cl)c(-c2cc3cnc(Nc4ccc(N5CCNCC5)c(F)c4)nc3n(Cc3ccccc3C)c2=O)c1. The Balaban J connectivity index is 1.45. The van der Waals surface area contributed by atoms with Gasteiger partial charge in [0.2, 0.25) is 5.95 Å². The van der Waals surface area contributed by atoms with Gasteiger partial charge in [-0.05, 0) is 75.9 Å². The van der Waals surface area contributed by atoms with Crippen LogP contribution in [0.3, 0.4) is 0 Å². The van der Waals surface area contributed by atoms with Gasteiger partial charge in [-0.15, -0.1) is 0 Å². The fraction of sp³-hybridized carbons (Fsp3) is 0.212. The number of fused-ring (bicyclic) bond motifs is 1. The normalized spacial score (nSPS) is 14.9. The predicted octanol–water partition coefficient (Wildman–Crippen LogP) is 5.47. The number of hydrogen-bond donors (Lipinski definition) is 2. The van der Waals surface area contributed by atoms with E-state index in [1.54, 1.807) is 53.4 Å². The van der Waals surface area contributed by atoms with Crippen LogP contribution in [0, 0.1) is 12.7 Å². The minimum absolute atomic E-state index is 0.223. The number of hydrogen-bond acceptors (Lipinski definition) is 7. The molecule has 8 nitrogen and oxygen atoms in total. The fourth-order valence-electron chi connectivity index (χ4n) is 5.37. The zero-order valence-corrected chi connectivity index (χ0v) is 26.0. The molecule has 1 fully saturated rings. The lowest BCUT2D eigenvalue weighted by atomic mass is 10.0. The van der Waals surface area contributed by atoms with Crippen LogP contribution in [0.1, 0.15) is 11.1 Å². The minimum Gasteiger partial charge on any atom is -0.367 e. The molecule has 1 aliphatic rings. The highest BCUT2D eigenvalue weighted by Gasteiger charge is 2.19. The van der Waals surface area contributed by atoms with Crippen molar-refractivity contribution in [3.63, 3.8) is 0 Å². The molecule has 1 aliphatic heterocycles. The second kappa shape index (κ2) is 12.0. The maximum atomic E-state index is 15.1.